The number of sulfonamides is 1. The van der Waals surface area contributed by atoms with Crippen molar-refractivity contribution in [3.63, 3.8) is 0 Å². The molecule has 1 unspecified atom stereocenters. The summed E-state index contributed by atoms with van der Waals surface area (Å²) in [5, 5.41) is 9.76. The molecule has 0 aliphatic rings. The van der Waals surface area contributed by atoms with Crippen LogP contribution in [0.3, 0.4) is 0 Å². The van der Waals surface area contributed by atoms with Gasteiger partial charge in [-0.25, -0.2) is 13.1 Å². The van der Waals surface area contributed by atoms with E-state index in [0.717, 1.165) is 0 Å². The number of aliphatic hydroxyl groups excluding tert-OH is 1. The Labute approximate surface area is 137 Å². The molecule has 0 aliphatic carbocycles. The van der Waals surface area contributed by atoms with Gasteiger partial charge in [-0.05, 0) is 24.5 Å². The van der Waals surface area contributed by atoms with E-state index in [9.17, 15) is 13.5 Å². The number of rotatable bonds is 6. The van der Waals surface area contributed by atoms with Crippen LogP contribution in [0.1, 0.15) is 20.3 Å². The van der Waals surface area contributed by atoms with Gasteiger partial charge in [0.25, 0.3) is 0 Å². The maximum Gasteiger partial charge on any atom is 0.243 e. The van der Waals surface area contributed by atoms with Crippen LogP contribution in [0.4, 0.5) is 0 Å². The van der Waals surface area contributed by atoms with Crippen LogP contribution in [-0.4, -0.2) is 26.2 Å². The Balaban J connectivity index is 2.90. The first-order valence-corrected chi connectivity index (χ1v) is 8.99. The minimum Gasteiger partial charge on any atom is -0.392 e. The van der Waals surface area contributed by atoms with Gasteiger partial charge in [0.2, 0.25) is 10.0 Å². The Morgan fingerprint density at radius 3 is 2.25 bits per heavy atom. The zero-order valence-corrected chi connectivity index (χ0v) is 14.9. The van der Waals surface area contributed by atoms with Crippen molar-refractivity contribution in [2.75, 3.05) is 6.54 Å². The first kappa shape index (κ1) is 18.2. The molecule has 0 radical (unpaired) electrons. The molecule has 0 aromatic heterocycles. The van der Waals surface area contributed by atoms with E-state index >= 15 is 0 Å². The van der Waals surface area contributed by atoms with E-state index in [1.54, 1.807) is 0 Å². The van der Waals surface area contributed by atoms with Crippen molar-refractivity contribution in [3.8, 4) is 0 Å². The van der Waals surface area contributed by atoms with Crippen LogP contribution >= 0.6 is 39.1 Å². The molecule has 0 saturated heterocycles. The Hall–Kier alpha value is 0.150. The van der Waals surface area contributed by atoms with E-state index in [2.05, 4.69) is 20.7 Å². The average Bonchev–Trinajstić information content (AvgIpc) is 2.23. The zero-order chi connectivity index (χ0) is 15.5. The molecule has 1 rings (SSSR count). The summed E-state index contributed by atoms with van der Waals surface area (Å²) in [5.41, 5.74) is 0. The van der Waals surface area contributed by atoms with Gasteiger partial charge in [0.15, 0.2) is 0 Å². The maximum absolute atomic E-state index is 12.2. The minimum atomic E-state index is -3.86. The van der Waals surface area contributed by atoms with Crippen LogP contribution in [0.25, 0.3) is 0 Å². The molecule has 0 amide bonds. The van der Waals surface area contributed by atoms with E-state index in [0.29, 0.717) is 10.9 Å². The highest BCUT2D eigenvalue weighted by Crippen LogP contribution is 2.32. The third-order valence-electron chi connectivity index (χ3n) is 2.48. The summed E-state index contributed by atoms with van der Waals surface area (Å²) in [6.45, 7) is 3.81. The lowest BCUT2D eigenvalue weighted by Gasteiger charge is -2.15. The molecule has 1 aromatic rings. The Morgan fingerprint density at radius 2 is 1.80 bits per heavy atom. The summed E-state index contributed by atoms with van der Waals surface area (Å²) in [6.07, 6.45) is -0.248. The fourth-order valence-corrected chi connectivity index (χ4v) is 4.70. The molecule has 0 spiro atoms. The molecule has 8 heteroatoms. The van der Waals surface area contributed by atoms with Crippen molar-refractivity contribution >= 4 is 49.2 Å². The summed E-state index contributed by atoms with van der Waals surface area (Å²) in [6, 6.07) is 2.90. The third-order valence-corrected chi connectivity index (χ3v) is 5.29. The van der Waals surface area contributed by atoms with Crippen LogP contribution in [0.15, 0.2) is 21.5 Å². The Bertz CT molecular complexity index is 555. The van der Waals surface area contributed by atoms with Crippen LogP contribution in [0, 0.1) is 5.92 Å². The van der Waals surface area contributed by atoms with E-state index in [1.807, 2.05) is 13.8 Å². The number of aliphatic hydroxyl groups is 1. The quantitative estimate of drug-likeness (QED) is 0.762. The molecule has 20 heavy (non-hydrogen) atoms. The van der Waals surface area contributed by atoms with Crippen molar-refractivity contribution in [2.24, 2.45) is 5.92 Å². The molecule has 0 fully saturated rings. The molecule has 1 aromatic carbocycles. The molecule has 0 aliphatic heterocycles. The highest BCUT2D eigenvalue weighted by atomic mass is 79.9. The van der Waals surface area contributed by atoms with E-state index in [1.165, 1.54) is 12.1 Å². The second-order valence-corrected chi connectivity index (χ2v) is 8.27. The lowest BCUT2D eigenvalue weighted by atomic mass is 10.1. The molecule has 4 nitrogen and oxygen atoms in total. The van der Waals surface area contributed by atoms with E-state index in [4.69, 9.17) is 23.2 Å². The van der Waals surface area contributed by atoms with Gasteiger partial charge in [0.1, 0.15) is 4.90 Å². The average molecular weight is 405 g/mol. The maximum atomic E-state index is 12.2. The van der Waals surface area contributed by atoms with Gasteiger partial charge < -0.3 is 5.11 Å². The van der Waals surface area contributed by atoms with Gasteiger partial charge in [-0.2, -0.15) is 0 Å². The SMILES string of the molecule is CC(C)CC(O)CNS(=O)(=O)c1c(Cl)cc(Br)cc1Cl. The van der Waals surface area contributed by atoms with Crippen molar-refractivity contribution in [3.05, 3.63) is 26.7 Å². The van der Waals surface area contributed by atoms with Gasteiger partial charge in [0.05, 0.1) is 16.1 Å². The molecular weight excluding hydrogens is 389 g/mol. The summed E-state index contributed by atoms with van der Waals surface area (Å²) in [4.78, 5) is -0.180. The molecular formula is C12H16BrCl2NO3S. The van der Waals surface area contributed by atoms with Crippen LogP contribution in [-0.2, 0) is 10.0 Å². The third kappa shape index (κ3) is 5.16. The van der Waals surface area contributed by atoms with Gasteiger partial charge >= 0.3 is 0 Å². The molecule has 114 valence electrons. The normalized spacial score (nSPS) is 13.8. The zero-order valence-electron chi connectivity index (χ0n) is 11.0. The largest absolute Gasteiger partial charge is 0.392 e. The Morgan fingerprint density at radius 1 is 1.30 bits per heavy atom. The van der Waals surface area contributed by atoms with Crippen molar-refractivity contribution < 1.29 is 13.5 Å². The van der Waals surface area contributed by atoms with Crippen molar-refractivity contribution in [2.45, 2.75) is 31.3 Å². The first-order valence-electron chi connectivity index (χ1n) is 5.95. The smallest absolute Gasteiger partial charge is 0.243 e. The summed E-state index contributed by atoms with van der Waals surface area (Å²) in [5.74, 6) is 0.273. The number of benzene rings is 1. The highest BCUT2D eigenvalue weighted by molar-refractivity contribution is 9.10. The monoisotopic (exact) mass is 403 g/mol. The van der Waals surface area contributed by atoms with E-state index in [-0.39, 0.29) is 27.4 Å². The number of nitrogens with one attached hydrogen (secondary N) is 1. The summed E-state index contributed by atoms with van der Waals surface area (Å²) >= 11 is 15.0. The van der Waals surface area contributed by atoms with Gasteiger partial charge in [-0.3, -0.25) is 0 Å². The van der Waals surface area contributed by atoms with Gasteiger partial charge in [-0.1, -0.05) is 53.0 Å². The molecule has 0 saturated carbocycles. The van der Waals surface area contributed by atoms with Crippen LogP contribution < -0.4 is 4.72 Å². The lowest BCUT2D eigenvalue weighted by molar-refractivity contribution is 0.152. The highest BCUT2D eigenvalue weighted by Gasteiger charge is 2.23. The number of hydrogen-bond acceptors (Lipinski definition) is 3. The second kappa shape index (κ2) is 7.42. The first-order chi connectivity index (χ1) is 9.13. The van der Waals surface area contributed by atoms with Crippen LogP contribution in [0.2, 0.25) is 10.0 Å². The second-order valence-electron chi connectivity index (χ2n) is 4.83. The topological polar surface area (TPSA) is 66.4 Å². The minimum absolute atomic E-state index is 0.0234. The summed E-state index contributed by atoms with van der Waals surface area (Å²) in [7, 11) is -3.86. The van der Waals surface area contributed by atoms with Crippen molar-refractivity contribution in [1.82, 2.24) is 4.72 Å². The Kier molecular flexibility index (Phi) is 6.76. The van der Waals surface area contributed by atoms with Gasteiger partial charge in [-0.15, -0.1) is 0 Å². The number of hydrogen-bond donors (Lipinski definition) is 2. The van der Waals surface area contributed by atoms with Gasteiger partial charge in [0, 0.05) is 11.0 Å². The summed E-state index contributed by atoms with van der Waals surface area (Å²) < 4.78 is 27.2. The van der Waals surface area contributed by atoms with Crippen molar-refractivity contribution in [1.29, 1.82) is 0 Å². The molecule has 1 atom stereocenters. The molecule has 0 heterocycles. The fraction of sp³-hybridized carbons (Fsp3) is 0.500. The van der Waals surface area contributed by atoms with Crippen LogP contribution in [0.5, 0.6) is 0 Å². The fourth-order valence-electron chi connectivity index (χ4n) is 1.69. The molecule has 2 N–H and O–H groups in total. The predicted octanol–water partition coefficient (Wildman–Crippen LogP) is 3.44. The van der Waals surface area contributed by atoms with E-state index < -0.39 is 16.1 Å². The number of halogens is 3. The lowest BCUT2D eigenvalue weighted by Crippen LogP contribution is -2.33. The standard InChI is InChI=1S/C12H16BrCl2NO3S/c1-7(2)3-9(17)6-16-20(18,19)12-10(14)4-8(13)5-11(12)15/h4-5,7,9,16-17H,3,6H2,1-2H3. The predicted molar refractivity (Wildman–Crippen MR) is 84.8 cm³/mol. The molecule has 0 bridgehead atoms.